The highest BCUT2D eigenvalue weighted by atomic mass is 32.1. The van der Waals surface area contributed by atoms with Gasteiger partial charge in [-0.2, -0.15) is 0 Å². The zero-order valence-corrected chi connectivity index (χ0v) is 9.50. The van der Waals surface area contributed by atoms with Crippen LogP contribution in [0.4, 0.5) is 0 Å². The fourth-order valence-corrected chi connectivity index (χ4v) is 1.27. The van der Waals surface area contributed by atoms with E-state index in [4.69, 9.17) is 4.74 Å². The summed E-state index contributed by atoms with van der Waals surface area (Å²) in [6, 6.07) is 4.04. The van der Waals surface area contributed by atoms with E-state index in [-0.39, 0.29) is 0 Å². The predicted molar refractivity (Wildman–Crippen MR) is 60.0 cm³/mol. The molecule has 0 saturated heterocycles. The highest BCUT2D eigenvalue weighted by Gasteiger charge is 1.99. The third-order valence-electron chi connectivity index (χ3n) is 1.91. The molecule has 0 radical (unpaired) electrons. The molecule has 1 aromatic heterocycles. The fourth-order valence-electron chi connectivity index (χ4n) is 1.10. The third-order valence-corrected chi connectivity index (χ3v) is 2.33. The van der Waals surface area contributed by atoms with E-state index in [0.717, 1.165) is 18.8 Å². The number of ether oxygens (including phenoxy) is 1. The summed E-state index contributed by atoms with van der Waals surface area (Å²) in [4.78, 5) is 4.27. The molecule has 0 fully saturated rings. The van der Waals surface area contributed by atoms with Gasteiger partial charge in [0.15, 0.2) is 0 Å². The van der Waals surface area contributed by atoms with Gasteiger partial charge in [-0.05, 0) is 11.6 Å². The number of nitrogens with zero attached hydrogens (tertiary/aromatic N) is 2. The Bertz CT molecular complexity index is 263. The van der Waals surface area contributed by atoms with Gasteiger partial charge in [-0.1, -0.05) is 25.8 Å². The van der Waals surface area contributed by atoms with Crippen LogP contribution in [0.1, 0.15) is 18.2 Å². The lowest BCUT2D eigenvalue weighted by atomic mass is 10.2. The minimum absolute atomic E-state index is 0.568. The quantitative estimate of drug-likeness (QED) is 0.755. The molecular weight excluding hydrogens is 196 g/mol. The highest BCUT2D eigenvalue weighted by Crippen LogP contribution is 2.06. The molecule has 0 unspecified atom stereocenters. The molecule has 0 aliphatic carbocycles. The van der Waals surface area contributed by atoms with Gasteiger partial charge in [-0.25, -0.2) is 4.31 Å². The molecule has 0 N–H and O–H groups in total. The van der Waals surface area contributed by atoms with Gasteiger partial charge in [0, 0.05) is 26.4 Å². The number of pyridine rings is 1. The van der Waals surface area contributed by atoms with Gasteiger partial charge in [0.05, 0.1) is 12.3 Å². The Hall–Kier alpha value is -0.580. The number of thiol groups is 1. The lowest BCUT2D eigenvalue weighted by Gasteiger charge is -2.11. The first-order valence-corrected chi connectivity index (χ1v) is 5.02. The Morgan fingerprint density at radius 3 is 2.79 bits per heavy atom. The summed E-state index contributed by atoms with van der Waals surface area (Å²) in [5, 5.41) is 0. The molecule has 0 saturated carbocycles. The van der Waals surface area contributed by atoms with Gasteiger partial charge in [-0.3, -0.25) is 4.98 Å². The summed E-state index contributed by atoms with van der Waals surface area (Å²) in [5.74, 6) is 0. The molecule has 0 aliphatic heterocycles. The van der Waals surface area contributed by atoms with E-state index in [9.17, 15) is 0 Å². The van der Waals surface area contributed by atoms with Crippen LogP contribution in [0.15, 0.2) is 18.3 Å². The van der Waals surface area contributed by atoms with E-state index >= 15 is 0 Å². The first-order valence-electron chi connectivity index (χ1n) is 4.62. The third kappa shape index (κ3) is 3.65. The van der Waals surface area contributed by atoms with E-state index in [0.29, 0.717) is 6.61 Å². The molecule has 4 heteroatoms. The lowest BCUT2D eigenvalue weighted by molar-refractivity contribution is 0.181. The van der Waals surface area contributed by atoms with E-state index in [2.05, 4.69) is 30.8 Å². The van der Waals surface area contributed by atoms with Gasteiger partial charge in [0.25, 0.3) is 0 Å². The topological polar surface area (TPSA) is 25.4 Å². The van der Waals surface area contributed by atoms with Crippen molar-refractivity contribution in [1.29, 1.82) is 0 Å². The predicted octanol–water partition coefficient (Wildman–Crippen LogP) is 1.89. The summed E-state index contributed by atoms with van der Waals surface area (Å²) in [5.41, 5.74) is 2.13. The standard InChI is InChI=1S/C10H16N2OS/c1-3-12(14)7-9-4-5-10(8-13-2)11-6-9/h4-6,14H,3,7-8H2,1-2H3. The van der Waals surface area contributed by atoms with Crippen LogP contribution in [0.3, 0.4) is 0 Å². The molecule has 1 aromatic rings. The molecule has 0 aliphatic rings. The van der Waals surface area contributed by atoms with Gasteiger partial charge in [0.2, 0.25) is 0 Å². The maximum Gasteiger partial charge on any atom is 0.0884 e. The fraction of sp³-hybridized carbons (Fsp3) is 0.500. The van der Waals surface area contributed by atoms with Crippen molar-refractivity contribution in [3.63, 3.8) is 0 Å². The second-order valence-corrected chi connectivity index (χ2v) is 3.64. The molecule has 14 heavy (non-hydrogen) atoms. The normalized spacial score (nSPS) is 10.9. The van der Waals surface area contributed by atoms with Crippen molar-refractivity contribution in [2.45, 2.75) is 20.1 Å². The molecule has 1 rings (SSSR count). The lowest BCUT2D eigenvalue weighted by Crippen LogP contribution is -2.10. The summed E-state index contributed by atoms with van der Waals surface area (Å²) >= 11 is 4.29. The average Bonchev–Trinajstić information content (AvgIpc) is 2.21. The summed E-state index contributed by atoms with van der Waals surface area (Å²) in [6.45, 7) is 4.38. The van der Waals surface area contributed by atoms with Gasteiger partial charge in [0.1, 0.15) is 0 Å². The Morgan fingerprint density at radius 1 is 1.50 bits per heavy atom. The minimum atomic E-state index is 0.568. The molecule has 0 amide bonds. The van der Waals surface area contributed by atoms with E-state index in [1.807, 2.05) is 16.6 Å². The number of hydrogen-bond donors (Lipinski definition) is 1. The zero-order chi connectivity index (χ0) is 10.4. The molecule has 0 atom stereocenters. The van der Waals surface area contributed by atoms with E-state index < -0.39 is 0 Å². The molecule has 1 heterocycles. The van der Waals surface area contributed by atoms with Crippen molar-refractivity contribution < 1.29 is 4.74 Å². The molecule has 0 bridgehead atoms. The van der Waals surface area contributed by atoms with Crippen molar-refractivity contribution in [1.82, 2.24) is 9.29 Å². The molecule has 0 spiro atoms. The van der Waals surface area contributed by atoms with Crippen LogP contribution in [-0.2, 0) is 17.9 Å². The summed E-state index contributed by atoms with van der Waals surface area (Å²) in [7, 11) is 1.67. The van der Waals surface area contributed by atoms with Crippen LogP contribution in [0.5, 0.6) is 0 Å². The molecule has 78 valence electrons. The minimum Gasteiger partial charge on any atom is -0.378 e. The highest BCUT2D eigenvalue weighted by molar-refractivity contribution is 7.77. The second-order valence-electron chi connectivity index (χ2n) is 3.07. The van der Waals surface area contributed by atoms with Crippen LogP contribution >= 0.6 is 12.8 Å². The Labute approximate surface area is 90.6 Å². The molecular formula is C10H16N2OS. The molecule has 0 aromatic carbocycles. The van der Waals surface area contributed by atoms with Crippen LogP contribution in [0, 0.1) is 0 Å². The number of hydrogen-bond acceptors (Lipinski definition) is 4. The van der Waals surface area contributed by atoms with Crippen LogP contribution in [-0.4, -0.2) is 22.9 Å². The Balaban J connectivity index is 2.54. The van der Waals surface area contributed by atoms with Crippen molar-refractivity contribution >= 4 is 12.8 Å². The van der Waals surface area contributed by atoms with Crippen LogP contribution in [0.25, 0.3) is 0 Å². The zero-order valence-electron chi connectivity index (χ0n) is 8.60. The van der Waals surface area contributed by atoms with Crippen LogP contribution < -0.4 is 0 Å². The van der Waals surface area contributed by atoms with E-state index in [1.165, 1.54) is 5.56 Å². The first kappa shape index (κ1) is 11.5. The molecule has 3 nitrogen and oxygen atoms in total. The van der Waals surface area contributed by atoms with Gasteiger partial charge >= 0.3 is 0 Å². The summed E-state index contributed by atoms with van der Waals surface area (Å²) in [6.07, 6.45) is 1.87. The second kappa shape index (κ2) is 6.01. The maximum absolute atomic E-state index is 4.98. The van der Waals surface area contributed by atoms with Crippen molar-refractivity contribution in [3.8, 4) is 0 Å². The Morgan fingerprint density at radius 2 is 2.29 bits per heavy atom. The number of aromatic nitrogens is 1. The van der Waals surface area contributed by atoms with Crippen molar-refractivity contribution in [2.75, 3.05) is 13.7 Å². The maximum atomic E-state index is 4.98. The largest absolute Gasteiger partial charge is 0.378 e. The number of rotatable bonds is 5. The average molecular weight is 212 g/mol. The van der Waals surface area contributed by atoms with Crippen LogP contribution in [0.2, 0.25) is 0 Å². The summed E-state index contributed by atoms with van der Waals surface area (Å²) < 4.78 is 6.92. The smallest absolute Gasteiger partial charge is 0.0884 e. The van der Waals surface area contributed by atoms with Gasteiger partial charge < -0.3 is 4.74 Å². The monoisotopic (exact) mass is 212 g/mol. The van der Waals surface area contributed by atoms with Gasteiger partial charge in [-0.15, -0.1) is 0 Å². The van der Waals surface area contributed by atoms with Crippen molar-refractivity contribution in [2.24, 2.45) is 0 Å². The number of methoxy groups -OCH3 is 1. The SMILES string of the molecule is CCN(S)Cc1ccc(COC)nc1. The van der Waals surface area contributed by atoms with E-state index in [1.54, 1.807) is 7.11 Å². The first-order chi connectivity index (χ1) is 6.76. The Kier molecular flexibility index (Phi) is 4.93. The van der Waals surface area contributed by atoms with Crippen molar-refractivity contribution in [3.05, 3.63) is 29.6 Å².